The van der Waals surface area contributed by atoms with E-state index in [4.69, 9.17) is 56.6 Å². The van der Waals surface area contributed by atoms with E-state index < -0.39 is 11.9 Å². The van der Waals surface area contributed by atoms with E-state index in [-0.39, 0.29) is 23.7 Å². The van der Waals surface area contributed by atoms with Crippen molar-refractivity contribution in [2.24, 2.45) is 11.8 Å². The molecule has 2 aromatic rings. The third-order valence-corrected chi connectivity index (χ3v) is 6.44. The molecule has 4 rings (SSSR count). The zero-order chi connectivity index (χ0) is 20.6. The second-order valence-corrected chi connectivity index (χ2v) is 8.55. The summed E-state index contributed by atoms with van der Waals surface area (Å²) in [5.74, 6) is -1.73. The Balaban J connectivity index is 0.000000161. The fourth-order valence-electron chi connectivity index (χ4n) is 3.16. The fourth-order valence-corrected chi connectivity index (χ4v) is 3.77. The van der Waals surface area contributed by atoms with Crippen LogP contribution < -0.4 is 0 Å². The minimum absolute atomic E-state index is 0.113. The highest BCUT2D eigenvalue weighted by Crippen LogP contribution is 2.49. The van der Waals surface area contributed by atoms with Crippen LogP contribution in [0.25, 0.3) is 0 Å². The van der Waals surface area contributed by atoms with Crippen molar-refractivity contribution in [2.75, 3.05) is 0 Å². The maximum atomic E-state index is 10.6. The minimum atomic E-state index is -0.735. The number of rotatable bonds is 4. The van der Waals surface area contributed by atoms with Gasteiger partial charge in [-0.1, -0.05) is 58.5 Å². The third-order valence-electron chi connectivity index (χ3n) is 4.96. The van der Waals surface area contributed by atoms with Gasteiger partial charge in [0.1, 0.15) is 0 Å². The van der Waals surface area contributed by atoms with Crippen LogP contribution >= 0.6 is 46.4 Å². The van der Waals surface area contributed by atoms with Crippen molar-refractivity contribution in [1.29, 1.82) is 0 Å². The van der Waals surface area contributed by atoms with Gasteiger partial charge in [0.25, 0.3) is 0 Å². The van der Waals surface area contributed by atoms with Gasteiger partial charge in [-0.15, -0.1) is 0 Å². The number of carboxylic acid groups (broad SMARTS) is 2. The number of aliphatic carboxylic acids is 2. The Labute approximate surface area is 182 Å². The van der Waals surface area contributed by atoms with E-state index in [9.17, 15) is 9.59 Å². The molecule has 2 fully saturated rings. The highest BCUT2D eigenvalue weighted by molar-refractivity contribution is 6.42. The molecule has 2 aliphatic carbocycles. The molecule has 0 amide bonds. The lowest BCUT2D eigenvalue weighted by molar-refractivity contribution is -0.139. The van der Waals surface area contributed by atoms with Gasteiger partial charge in [0.2, 0.25) is 0 Å². The summed E-state index contributed by atoms with van der Waals surface area (Å²) >= 11 is 23.2. The SMILES string of the molecule is O=C(O)C1CC1c1ccc(Cl)c(Cl)c1.O=C(O)C1CC1c1ccc(Cl)c(Cl)c1. The molecule has 2 aliphatic rings. The standard InChI is InChI=1S/2C10H8Cl2O2/c2*11-8-2-1-5(3-9(8)12)6-4-7(6)10(13)14/h2*1-3,6-7H,4H2,(H,13,14). The van der Waals surface area contributed by atoms with Gasteiger partial charge in [-0.3, -0.25) is 9.59 Å². The van der Waals surface area contributed by atoms with Crippen LogP contribution in [0.3, 0.4) is 0 Å². The van der Waals surface area contributed by atoms with Gasteiger partial charge < -0.3 is 10.2 Å². The highest BCUT2D eigenvalue weighted by Gasteiger charge is 2.44. The van der Waals surface area contributed by atoms with E-state index in [0.717, 1.165) is 11.1 Å². The number of halogens is 4. The van der Waals surface area contributed by atoms with Crippen molar-refractivity contribution in [3.63, 3.8) is 0 Å². The zero-order valence-electron chi connectivity index (χ0n) is 14.4. The van der Waals surface area contributed by atoms with E-state index >= 15 is 0 Å². The molecule has 4 atom stereocenters. The van der Waals surface area contributed by atoms with Gasteiger partial charge in [0.05, 0.1) is 31.9 Å². The van der Waals surface area contributed by atoms with Gasteiger partial charge in [-0.25, -0.2) is 0 Å². The highest BCUT2D eigenvalue weighted by atomic mass is 35.5. The fraction of sp³-hybridized carbons (Fsp3) is 0.300. The molecule has 2 saturated carbocycles. The van der Waals surface area contributed by atoms with Gasteiger partial charge >= 0.3 is 11.9 Å². The molecule has 2 aromatic carbocycles. The molecular weight excluding hydrogens is 446 g/mol. The average molecular weight is 462 g/mol. The second-order valence-electron chi connectivity index (χ2n) is 6.92. The molecule has 0 aliphatic heterocycles. The molecule has 0 radical (unpaired) electrons. The first-order chi connectivity index (χ1) is 13.2. The smallest absolute Gasteiger partial charge is 0.307 e. The molecule has 0 saturated heterocycles. The zero-order valence-corrected chi connectivity index (χ0v) is 17.4. The number of hydrogen-bond acceptors (Lipinski definition) is 2. The van der Waals surface area contributed by atoms with E-state index in [1.165, 1.54) is 0 Å². The predicted molar refractivity (Wildman–Crippen MR) is 110 cm³/mol. The maximum Gasteiger partial charge on any atom is 0.307 e. The molecule has 0 bridgehead atoms. The summed E-state index contributed by atoms with van der Waals surface area (Å²) in [6.45, 7) is 0. The molecule has 8 heteroatoms. The van der Waals surface area contributed by atoms with Gasteiger partial charge in [0.15, 0.2) is 0 Å². The van der Waals surface area contributed by atoms with Crippen LogP contribution in [-0.2, 0) is 9.59 Å². The first-order valence-corrected chi connectivity index (χ1v) is 10.1. The Bertz CT molecular complexity index is 855. The van der Waals surface area contributed by atoms with Gasteiger partial charge in [-0.05, 0) is 60.1 Å². The van der Waals surface area contributed by atoms with Crippen molar-refractivity contribution in [3.8, 4) is 0 Å². The first-order valence-electron chi connectivity index (χ1n) is 8.54. The number of benzene rings is 2. The Morgan fingerprint density at radius 2 is 1.04 bits per heavy atom. The molecule has 2 N–H and O–H groups in total. The lowest BCUT2D eigenvalue weighted by atomic mass is 10.1. The quantitative estimate of drug-likeness (QED) is 0.555. The molecule has 4 unspecified atom stereocenters. The summed E-state index contributed by atoms with van der Waals surface area (Å²) in [6.07, 6.45) is 1.40. The predicted octanol–water partition coefficient (Wildman–Crippen LogP) is 6.36. The number of carboxylic acids is 2. The number of hydrogen-bond donors (Lipinski definition) is 2. The molecule has 28 heavy (non-hydrogen) atoms. The van der Waals surface area contributed by atoms with E-state index in [1.807, 2.05) is 12.1 Å². The average Bonchev–Trinajstić information content (AvgIpc) is 3.53. The monoisotopic (exact) mass is 460 g/mol. The van der Waals surface area contributed by atoms with Crippen LogP contribution in [0.5, 0.6) is 0 Å². The van der Waals surface area contributed by atoms with Crippen LogP contribution in [0.2, 0.25) is 20.1 Å². The van der Waals surface area contributed by atoms with Crippen LogP contribution in [0.4, 0.5) is 0 Å². The van der Waals surface area contributed by atoms with Crippen LogP contribution in [0, 0.1) is 11.8 Å². The summed E-state index contributed by atoms with van der Waals surface area (Å²) in [4.78, 5) is 21.3. The van der Waals surface area contributed by atoms with Crippen molar-refractivity contribution >= 4 is 58.3 Å². The third kappa shape index (κ3) is 4.93. The molecule has 0 heterocycles. The van der Waals surface area contributed by atoms with Crippen molar-refractivity contribution in [3.05, 3.63) is 67.6 Å². The molecule has 0 aromatic heterocycles. The molecule has 148 valence electrons. The van der Waals surface area contributed by atoms with Gasteiger partial charge in [0, 0.05) is 0 Å². The Hall–Kier alpha value is -1.46. The summed E-state index contributed by atoms with van der Waals surface area (Å²) in [7, 11) is 0. The van der Waals surface area contributed by atoms with Crippen LogP contribution in [0.15, 0.2) is 36.4 Å². The Morgan fingerprint density at radius 1 is 0.679 bits per heavy atom. The maximum absolute atomic E-state index is 10.6. The summed E-state index contributed by atoms with van der Waals surface area (Å²) in [6, 6.07) is 10.6. The molecule has 0 spiro atoms. The largest absolute Gasteiger partial charge is 0.481 e. The second kappa shape index (κ2) is 8.50. The van der Waals surface area contributed by atoms with E-state index in [0.29, 0.717) is 32.9 Å². The van der Waals surface area contributed by atoms with Crippen molar-refractivity contribution in [2.45, 2.75) is 24.7 Å². The lowest BCUT2D eigenvalue weighted by Crippen LogP contribution is -1.98. The Kier molecular flexibility index (Phi) is 6.45. The molecular formula is C20H16Cl4O4. The van der Waals surface area contributed by atoms with E-state index in [2.05, 4.69) is 0 Å². The normalized spacial score (nSPS) is 24.7. The number of carbonyl (C=O) groups is 2. The van der Waals surface area contributed by atoms with Crippen LogP contribution in [0.1, 0.15) is 35.8 Å². The minimum Gasteiger partial charge on any atom is -0.481 e. The summed E-state index contributed by atoms with van der Waals surface area (Å²) in [5, 5.41) is 19.5. The van der Waals surface area contributed by atoms with E-state index in [1.54, 1.807) is 24.3 Å². The van der Waals surface area contributed by atoms with Gasteiger partial charge in [-0.2, -0.15) is 0 Å². The van der Waals surface area contributed by atoms with Crippen molar-refractivity contribution in [1.82, 2.24) is 0 Å². The summed E-state index contributed by atoms with van der Waals surface area (Å²) < 4.78 is 0. The van der Waals surface area contributed by atoms with Crippen molar-refractivity contribution < 1.29 is 19.8 Å². The Morgan fingerprint density at radius 3 is 1.29 bits per heavy atom. The topological polar surface area (TPSA) is 74.6 Å². The summed E-state index contributed by atoms with van der Waals surface area (Å²) in [5.41, 5.74) is 1.93. The first kappa shape index (κ1) is 21.3. The molecule has 4 nitrogen and oxygen atoms in total. The van der Waals surface area contributed by atoms with Crippen LogP contribution in [-0.4, -0.2) is 22.2 Å². The lowest BCUT2D eigenvalue weighted by Gasteiger charge is -2.00.